The van der Waals surface area contributed by atoms with E-state index in [0.717, 1.165) is 65.1 Å². The van der Waals surface area contributed by atoms with E-state index >= 15 is 0 Å². The van der Waals surface area contributed by atoms with E-state index in [9.17, 15) is 4.79 Å². The highest BCUT2D eigenvalue weighted by Crippen LogP contribution is 2.26. The molecule has 1 atom stereocenters. The second-order valence-electron chi connectivity index (χ2n) is 7.24. The molecule has 0 aromatic heterocycles. The van der Waals surface area contributed by atoms with E-state index in [1.54, 1.807) is 0 Å². The second kappa shape index (κ2) is 8.42. The molecule has 23 heavy (non-hydrogen) atoms. The van der Waals surface area contributed by atoms with Gasteiger partial charge in [0.1, 0.15) is 12.8 Å². The highest BCUT2D eigenvalue weighted by molar-refractivity contribution is 5.76. The second-order valence-corrected chi connectivity index (χ2v) is 7.24. The highest BCUT2D eigenvalue weighted by Gasteiger charge is 2.37. The molecule has 0 spiro atoms. The zero-order valence-corrected chi connectivity index (χ0v) is 14.5. The van der Waals surface area contributed by atoms with Gasteiger partial charge in [-0.15, -0.1) is 0 Å². The van der Waals surface area contributed by atoms with Crippen LogP contribution in [0.15, 0.2) is 0 Å². The normalized spacial score (nSPS) is 29.5. The van der Waals surface area contributed by atoms with Crippen molar-refractivity contribution in [1.29, 1.82) is 0 Å². The molecule has 0 aliphatic carbocycles. The number of likely N-dealkylation sites (tertiary alicyclic amines) is 2. The van der Waals surface area contributed by atoms with E-state index in [1.807, 2.05) is 0 Å². The predicted molar refractivity (Wildman–Crippen MR) is 90.3 cm³/mol. The van der Waals surface area contributed by atoms with Crippen LogP contribution in [0.1, 0.15) is 32.1 Å². The first kappa shape index (κ1) is 17.1. The summed E-state index contributed by atoms with van der Waals surface area (Å²) < 4.78 is 5.67. The lowest BCUT2D eigenvalue weighted by molar-refractivity contribution is -0.154. The summed E-state index contributed by atoms with van der Waals surface area (Å²) in [6.07, 6.45) is 5.57. The zero-order chi connectivity index (χ0) is 16.1. The SMILES string of the molecule is CN1CCC(N2CCC[C@H]2C(=O)OCN2CCCNCC2)CC1. The van der Waals surface area contributed by atoms with E-state index in [-0.39, 0.29) is 12.0 Å². The Kier molecular flexibility index (Phi) is 6.28. The molecule has 0 radical (unpaired) electrons. The Balaban J connectivity index is 1.47. The minimum Gasteiger partial charge on any atom is -0.448 e. The Morgan fingerprint density at radius 2 is 1.87 bits per heavy atom. The van der Waals surface area contributed by atoms with Crippen molar-refractivity contribution in [2.45, 2.75) is 44.2 Å². The maximum atomic E-state index is 12.6. The van der Waals surface area contributed by atoms with Gasteiger partial charge in [0.05, 0.1) is 0 Å². The molecule has 6 nitrogen and oxygen atoms in total. The fourth-order valence-corrected chi connectivity index (χ4v) is 4.09. The van der Waals surface area contributed by atoms with Crippen LogP contribution in [0.4, 0.5) is 0 Å². The summed E-state index contributed by atoms with van der Waals surface area (Å²) in [5, 5.41) is 3.38. The van der Waals surface area contributed by atoms with Crippen molar-refractivity contribution in [3.05, 3.63) is 0 Å². The van der Waals surface area contributed by atoms with E-state index in [0.29, 0.717) is 12.8 Å². The van der Waals surface area contributed by atoms with Gasteiger partial charge in [-0.05, 0) is 65.3 Å². The molecule has 0 amide bonds. The maximum Gasteiger partial charge on any atom is 0.324 e. The van der Waals surface area contributed by atoms with Crippen molar-refractivity contribution in [1.82, 2.24) is 20.0 Å². The van der Waals surface area contributed by atoms with Gasteiger partial charge in [-0.3, -0.25) is 14.6 Å². The van der Waals surface area contributed by atoms with Crippen molar-refractivity contribution in [2.24, 2.45) is 0 Å². The molecule has 132 valence electrons. The van der Waals surface area contributed by atoms with Gasteiger partial charge in [-0.25, -0.2) is 0 Å². The van der Waals surface area contributed by atoms with Crippen LogP contribution < -0.4 is 5.32 Å². The van der Waals surface area contributed by atoms with Crippen molar-refractivity contribution in [3.8, 4) is 0 Å². The minimum absolute atomic E-state index is 0.00126. The summed E-state index contributed by atoms with van der Waals surface area (Å²) in [6, 6.07) is 0.558. The molecule has 3 saturated heterocycles. The predicted octanol–water partition coefficient (Wildman–Crippen LogP) is 0.341. The molecule has 1 N–H and O–H groups in total. The van der Waals surface area contributed by atoms with E-state index in [1.165, 1.54) is 12.8 Å². The molecule has 0 saturated carbocycles. The molecule has 0 aromatic rings. The van der Waals surface area contributed by atoms with Crippen LogP contribution in [0.2, 0.25) is 0 Å². The molecule has 3 heterocycles. The lowest BCUT2D eigenvalue weighted by atomic mass is 10.0. The first-order valence-electron chi connectivity index (χ1n) is 9.28. The molecule has 0 bridgehead atoms. The number of ether oxygens (including phenoxy) is 1. The fourth-order valence-electron chi connectivity index (χ4n) is 4.09. The first-order chi connectivity index (χ1) is 11.2. The van der Waals surface area contributed by atoms with Crippen LogP contribution in [0.3, 0.4) is 0 Å². The van der Waals surface area contributed by atoms with Gasteiger partial charge in [-0.1, -0.05) is 0 Å². The van der Waals surface area contributed by atoms with Crippen LogP contribution >= 0.6 is 0 Å². The average molecular weight is 324 g/mol. The smallest absolute Gasteiger partial charge is 0.324 e. The summed E-state index contributed by atoms with van der Waals surface area (Å²) in [7, 11) is 2.18. The molecule has 6 heteroatoms. The van der Waals surface area contributed by atoms with Gasteiger partial charge in [-0.2, -0.15) is 0 Å². The van der Waals surface area contributed by atoms with Crippen LogP contribution in [0.5, 0.6) is 0 Å². The summed E-state index contributed by atoms with van der Waals surface area (Å²) in [6.45, 7) is 7.84. The van der Waals surface area contributed by atoms with Crippen molar-refractivity contribution in [2.75, 3.05) is 59.6 Å². The molecule has 3 rings (SSSR count). The van der Waals surface area contributed by atoms with Gasteiger partial charge in [0.15, 0.2) is 0 Å². The third-order valence-corrected chi connectivity index (χ3v) is 5.55. The quantitative estimate of drug-likeness (QED) is 0.753. The lowest BCUT2D eigenvalue weighted by Gasteiger charge is -2.37. The number of rotatable bonds is 4. The number of nitrogens with one attached hydrogen (secondary N) is 1. The Labute approximate surface area is 140 Å². The molecular weight excluding hydrogens is 292 g/mol. The summed E-state index contributed by atoms with van der Waals surface area (Å²) >= 11 is 0. The van der Waals surface area contributed by atoms with Crippen LogP contribution in [-0.2, 0) is 9.53 Å². The zero-order valence-electron chi connectivity index (χ0n) is 14.5. The lowest BCUT2D eigenvalue weighted by Crippen LogP contribution is -2.49. The topological polar surface area (TPSA) is 48.1 Å². The van der Waals surface area contributed by atoms with E-state index in [2.05, 4.69) is 27.1 Å². The number of piperidine rings is 1. The average Bonchev–Trinajstić information content (AvgIpc) is 2.90. The van der Waals surface area contributed by atoms with Crippen molar-refractivity contribution < 1.29 is 9.53 Å². The standard InChI is InChI=1S/C17H32N4O2/c1-19-11-5-15(6-12-19)21-10-2-4-16(21)17(22)23-14-20-9-3-7-18-8-13-20/h15-16,18H,2-14H2,1H3/t16-/m0/s1. The Morgan fingerprint density at radius 1 is 1.04 bits per heavy atom. The molecular formula is C17H32N4O2. The molecule has 0 unspecified atom stereocenters. The number of carbonyl (C=O) groups is 1. The molecule has 3 aliphatic heterocycles. The van der Waals surface area contributed by atoms with Gasteiger partial charge < -0.3 is 15.0 Å². The van der Waals surface area contributed by atoms with Gasteiger partial charge >= 0.3 is 5.97 Å². The summed E-state index contributed by atoms with van der Waals surface area (Å²) in [4.78, 5) is 19.6. The van der Waals surface area contributed by atoms with E-state index < -0.39 is 0 Å². The highest BCUT2D eigenvalue weighted by atomic mass is 16.5. The number of esters is 1. The third-order valence-electron chi connectivity index (χ3n) is 5.55. The van der Waals surface area contributed by atoms with Crippen LogP contribution in [-0.4, -0.2) is 92.3 Å². The Bertz CT molecular complexity index is 377. The first-order valence-corrected chi connectivity index (χ1v) is 9.28. The summed E-state index contributed by atoms with van der Waals surface area (Å²) in [5.74, 6) is -0.00126. The summed E-state index contributed by atoms with van der Waals surface area (Å²) in [5.41, 5.74) is 0. The number of nitrogens with zero attached hydrogens (tertiary/aromatic N) is 3. The molecule has 3 fully saturated rings. The number of hydrogen-bond donors (Lipinski definition) is 1. The van der Waals surface area contributed by atoms with Gasteiger partial charge in [0.2, 0.25) is 0 Å². The fraction of sp³-hybridized carbons (Fsp3) is 0.941. The van der Waals surface area contributed by atoms with E-state index in [4.69, 9.17) is 4.74 Å². The Morgan fingerprint density at radius 3 is 2.70 bits per heavy atom. The van der Waals surface area contributed by atoms with Crippen molar-refractivity contribution in [3.63, 3.8) is 0 Å². The third kappa shape index (κ3) is 4.66. The monoisotopic (exact) mass is 324 g/mol. The van der Waals surface area contributed by atoms with Gasteiger partial charge in [0, 0.05) is 25.7 Å². The molecule has 3 aliphatic rings. The Hall–Kier alpha value is -0.690. The van der Waals surface area contributed by atoms with Crippen molar-refractivity contribution >= 4 is 5.97 Å². The van der Waals surface area contributed by atoms with Gasteiger partial charge in [0.25, 0.3) is 0 Å². The maximum absolute atomic E-state index is 12.6. The minimum atomic E-state index is -0.00601. The van der Waals surface area contributed by atoms with Crippen LogP contribution in [0.25, 0.3) is 0 Å². The number of carbonyl (C=O) groups excluding carboxylic acids is 1. The van der Waals surface area contributed by atoms with Crippen LogP contribution in [0, 0.1) is 0 Å². The molecule has 0 aromatic carbocycles. The largest absolute Gasteiger partial charge is 0.448 e. The number of hydrogen-bond acceptors (Lipinski definition) is 6.